The van der Waals surface area contributed by atoms with Gasteiger partial charge >= 0.3 is 0 Å². The van der Waals surface area contributed by atoms with Crippen LogP contribution in [-0.4, -0.2) is 17.8 Å². The van der Waals surface area contributed by atoms with Gasteiger partial charge in [-0.1, -0.05) is 53.8 Å². The van der Waals surface area contributed by atoms with Gasteiger partial charge < -0.3 is 11.2 Å². The van der Waals surface area contributed by atoms with Crippen LogP contribution in [0.2, 0.25) is 0 Å². The Kier molecular flexibility index (Phi) is 3.42. The molecule has 0 saturated heterocycles. The van der Waals surface area contributed by atoms with Crippen molar-refractivity contribution in [3.05, 3.63) is 65.7 Å². The molecule has 1 aliphatic rings. The summed E-state index contributed by atoms with van der Waals surface area (Å²) in [4.78, 5) is 16.5. The van der Waals surface area contributed by atoms with Crippen LogP contribution in [0.5, 0.6) is 0 Å². The second-order valence-corrected chi connectivity index (χ2v) is 4.48. The van der Waals surface area contributed by atoms with Crippen LogP contribution in [0.3, 0.4) is 0 Å². The van der Waals surface area contributed by atoms with Crippen LogP contribution in [0.4, 0.5) is 5.69 Å². The van der Waals surface area contributed by atoms with Crippen LogP contribution >= 0.6 is 0 Å². The van der Waals surface area contributed by atoms with Crippen LogP contribution in [0, 0.1) is 0 Å². The standard InChI is InChI=1S/C15H13N5O/c16-20-19-14-15(21)17-12-9-5-4-8-11(12)13(18-14)10-6-2-1-3-7-10/h1-9,14H,(H2,16,19)(H,17,21). The minimum absolute atomic E-state index is 0.359. The summed E-state index contributed by atoms with van der Waals surface area (Å²) in [7, 11) is 0. The molecule has 0 fully saturated rings. The monoisotopic (exact) mass is 279 g/mol. The summed E-state index contributed by atoms with van der Waals surface area (Å²) in [5.41, 5.74) is 3.12. The lowest BCUT2D eigenvalue weighted by atomic mass is 10.0. The molecule has 1 atom stereocenters. The number of hydrogen-bond donors (Lipinski definition) is 2. The van der Waals surface area contributed by atoms with Gasteiger partial charge in [0.1, 0.15) is 0 Å². The zero-order chi connectivity index (χ0) is 14.7. The topological polar surface area (TPSA) is 92.2 Å². The van der Waals surface area contributed by atoms with E-state index in [1.165, 1.54) is 0 Å². The lowest BCUT2D eigenvalue weighted by Gasteiger charge is -2.09. The number of fused-ring (bicyclic) bond motifs is 1. The number of benzene rings is 2. The van der Waals surface area contributed by atoms with Gasteiger partial charge in [-0.05, 0) is 6.07 Å². The Balaban J connectivity index is 2.20. The molecule has 0 aromatic heterocycles. The number of aliphatic imine (C=N–C) groups is 1. The molecule has 21 heavy (non-hydrogen) atoms. The molecule has 2 aromatic rings. The van der Waals surface area contributed by atoms with Gasteiger partial charge in [0, 0.05) is 11.1 Å². The third-order valence-electron chi connectivity index (χ3n) is 3.15. The predicted octanol–water partition coefficient (Wildman–Crippen LogP) is 2.13. The van der Waals surface area contributed by atoms with E-state index in [1.54, 1.807) is 0 Å². The Labute approximate surface area is 121 Å². The summed E-state index contributed by atoms with van der Waals surface area (Å²) < 4.78 is 0. The number of para-hydroxylation sites is 1. The van der Waals surface area contributed by atoms with E-state index in [0.717, 1.165) is 11.1 Å². The summed E-state index contributed by atoms with van der Waals surface area (Å²) in [5.74, 6) is 4.71. The van der Waals surface area contributed by atoms with Crippen molar-refractivity contribution in [3.8, 4) is 0 Å². The number of rotatable bonds is 2. The van der Waals surface area contributed by atoms with Crippen LogP contribution in [0.15, 0.2) is 69.9 Å². The van der Waals surface area contributed by atoms with E-state index >= 15 is 0 Å². The molecular formula is C15H13N5O. The lowest BCUT2D eigenvalue weighted by Crippen LogP contribution is -2.23. The van der Waals surface area contributed by atoms with Crippen molar-refractivity contribution in [1.29, 1.82) is 0 Å². The van der Waals surface area contributed by atoms with Crippen molar-refractivity contribution in [2.24, 2.45) is 21.2 Å². The molecule has 6 heteroatoms. The van der Waals surface area contributed by atoms with Crippen molar-refractivity contribution >= 4 is 17.3 Å². The molecule has 0 saturated carbocycles. The number of carbonyl (C=O) groups excluding carboxylic acids is 1. The van der Waals surface area contributed by atoms with E-state index in [2.05, 4.69) is 20.6 Å². The van der Waals surface area contributed by atoms with Crippen molar-refractivity contribution in [2.45, 2.75) is 6.17 Å². The maximum absolute atomic E-state index is 12.1. The molecule has 0 spiro atoms. The number of anilines is 1. The number of nitrogens with two attached hydrogens (primary N) is 1. The molecule has 1 unspecified atom stereocenters. The summed E-state index contributed by atoms with van der Waals surface area (Å²) in [6.45, 7) is 0. The fourth-order valence-corrected chi connectivity index (χ4v) is 2.21. The Bertz CT molecular complexity index is 724. The number of carbonyl (C=O) groups is 1. The van der Waals surface area contributed by atoms with Gasteiger partial charge in [0.15, 0.2) is 0 Å². The zero-order valence-electron chi connectivity index (χ0n) is 11.1. The molecule has 6 nitrogen and oxygen atoms in total. The van der Waals surface area contributed by atoms with Crippen molar-refractivity contribution in [3.63, 3.8) is 0 Å². The molecule has 1 aliphatic heterocycles. The second-order valence-electron chi connectivity index (χ2n) is 4.48. The van der Waals surface area contributed by atoms with Crippen LogP contribution in [0.25, 0.3) is 0 Å². The van der Waals surface area contributed by atoms with Crippen molar-refractivity contribution < 1.29 is 4.79 Å². The highest BCUT2D eigenvalue weighted by atomic mass is 16.2. The van der Waals surface area contributed by atoms with Crippen LogP contribution in [0.1, 0.15) is 11.1 Å². The molecule has 0 bridgehead atoms. The van der Waals surface area contributed by atoms with Gasteiger partial charge in [0.25, 0.3) is 5.91 Å². The van der Waals surface area contributed by atoms with E-state index in [4.69, 9.17) is 5.84 Å². The fraction of sp³-hybridized carbons (Fsp3) is 0.0667. The zero-order valence-corrected chi connectivity index (χ0v) is 11.1. The molecule has 3 N–H and O–H groups in total. The number of benzodiazepines with no additional fused rings is 1. The number of nitrogens with one attached hydrogen (secondary N) is 1. The molecule has 3 rings (SSSR count). The Morgan fingerprint density at radius 1 is 1.05 bits per heavy atom. The van der Waals surface area contributed by atoms with E-state index in [-0.39, 0.29) is 5.91 Å². The fourth-order valence-electron chi connectivity index (χ4n) is 2.21. The summed E-state index contributed by atoms with van der Waals surface area (Å²) >= 11 is 0. The summed E-state index contributed by atoms with van der Waals surface area (Å²) in [6.07, 6.45) is -0.988. The molecule has 1 heterocycles. The van der Waals surface area contributed by atoms with Gasteiger partial charge in [-0.15, -0.1) is 5.11 Å². The first-order valence-electron chi connectivity index (χ1n) is 6.43. The van der Waals surface area contributed by atoms with E-state index in [9.17, 15) is 4.79 Å². The van der Waals surface area contributed by atoms with Crippen molar-refractivity contribution in [2.75, 3.05) is 5.32 Å². The molecule has 0 aliphatic carbocycles. The van der Waals surface area contributed by atoms with Crippen LogP contribution < -0.4 is 11.2 Å². The average molecular weight is 279 g/mol. The first kappa shape index (κ1) is 13.0. The van der Waals surface area contributed by atoms with Crippen LogP contribution in [-0.2, 0) is 4.79 Å². The number of nitrogens with zero attached hydrogens (tertiary/aromatic N) is 3. The van der Waals surface area contributed by atoms with E-state index in [0.29, 0.717) is 11.4 Å². The molecular weight excluding hydrogens is 266 g/mol. The highest BCUT2D eigenvalue weighted by Gasteiger charge is 2.25. The number of hydrogen-bond acceptors (Lipinski definition) is 4. The normalized spacial score (nSPS) is 17.8. The largest absolute Gasteiger partial charge is 0.322 e. The Hall–Kier alpha value is -3.02. The highest BCUT2D eigenvalue weighted by Crippen LogP contribution is 2.24. The Morgan fingerprint density at radius 2 is 1.76 bits per heavy atom. The predicted molar refractivity (Wildman–Crippen MR) is 80.0 cm³/mol. The average Bonchev–Trinajstić information content (AvgIpc) is 2.66. The first-order chi connectivity index (χ1) is 10.3. The summed E-state index contributed by atoms with van der Waals surface area (Å²) in [6, 6.07) is 17.1. The summed E-state index contributed by atoms with van der Waals surface area (Å²) in [5, 5.41) is 9.68. The van der Waals surface area contributed by atoms with Gasteiger partial charge in [0.05, 0.1) is 11.4 Å². The highest BCUT2D eigenvalue weighted by molar-refractivity contribution is 6.19. The molecule has 1 amide bonds. The SMILES string of the molecule is NN=NC1N=C(c2ccccc2)c2ccccc2NC1=O. The van der Waals surface area contributed by atoms with E-state index in [1.807, 2.05) is 54.6 Å². The maximum Gasteiger partial charge on any atom is 0.273 e. The minimum atomic E-state index is -0.988. The van der Waals surface area contributed by atoms with Gasteiger partial charge in [-0.25, -0.2) is 4.99 Å². The van der Waals surface area contributed by atoms with Gasteiger partial charge in [-0.2, -0.15) is 0 Å². The third kappa shape index (κ3) is 2.51. The Morgan fingerprint density at radius 3 is 2.52 bits per heavy atom. The first-order valence-corrected chi connectivity index (χ1v) is 6.43. The quantitative estimate of drug-likeness (QED) is 0.500. The molecule has 104 valence electrons. The second kappa shape index (κ2) is 5.54. The molecule has 2 aromatic carbocycles. The maximum atomic E-state index is 12.1. The molecule has 0 radical (unpaired) electrons. The van der Waals surface area contributed by atoms with Gasteiger partial charge in [-0.3, -0.25) is 4.79 Å². The minimum Gasteiger partial charge on any atom is -0.322 e. The van der Waals surface area contributed by atoms with Gasteiger partial charge in [0.2, 0.25) is 6.17 Å². The number of amides is 1. The smallest absolute Gasteiger partial charge is 0.273 e. The third-order valence-corrected chi connectivity index (χ3v) is 3.15. The van der Waals surface area contributed by atoms with Crippen molar-refractivity contribution in [1.82, 2.24) is 0 Å². The van der Waals surface area contributed by atoms with E-state index < -0.39 is 6.17 Å². The lowest BCUT2D eigenvalue weighted by molar-refractivity contribution is -0.117.